The molecule has 3 aromatic rings. The summed E-state index contributed by atoms with van der Waals surface area (Å²) in [5.41, 5.74) is 4.54. The van der Waals surface area contributed by atoms with Crippen LogP contribution in [0.15, 0.2) is 35.3 Å². The van der Waals surface area contributed by atoms with E-state index in [1.807, 2.05) is 39.0 Å². The number of fused-ring (bicyclic) bond motifs is 1. The number of nitrogens with one attached hydrogen (secondary N) is 2. The van der Waals surface area contributed by atoms with E-state index in [1.54, 1.807) is 12.3 Å². The lowest BCUT2D eigenvalue weighted by molar-refractivity contribution is 0.102. The molecule has 150 valence electrons. The highest BCUT2D eigenvalue weighted by Gasteiger charge is 2.22. The smallest absolute Gasteiger partial charge is 0.259 e. The van der Waals surface area contributed by atoms with Gasteiger partial charge in [-0.25, -0.2) is 4.98 Å². The summed E-state index contributed by atoms with van der Waals surface area (Å²) in [6, 6.07) is 7.21. The molecule has 0 bridgehead atoms. The molecule has 4 rings (SSSR count). The molecule has 0 radical (unpaired) electrons. The molecule has 2 N–H and O–H groups in total. The second-order valence-electron chi connectivity index (χ2n) is 7.41. The lowest BCUT2D eigenvalue weighted by Crippen LogP contribution is -2.38. The lowest BCUT2D eigenvalue weighted by atomic mass is 10.0. The maximum atomic E-state index is 13.3. The SMILES string of the molecule is Cc1cc2[nH]c(=O)cc(C)c2cc1NC(=O)c1c(C)ccnc1N1CCOCC1. The second kappa shape index (κ2) is 7.67. The van der Waals surface area contributed by atoms with Gasteiger partial charge in [-0.15, -0.1) is 0 Å². The summed E-state index contributed by atoms with van der Waals surface area (Å²) >= 11 is 0. The number of carbonyl (C=O) groups excluding carboxylic acids is 1. The molecule has 3 heterocycles. The number of H-pyrrole nitrogens is 1. The number of hydrogen-bond acceptors (Lipinski definition) is 5. The summed E-state index contributed by atoms with van der Waals surface area (Å²) in [5.74, 6) is 0.492. The standard InChI is InChI=1S/C22H24N4O3/c1-13-4-5-23-21(26-6-8-29-9-7-26)20(13)22(28)25-17-12-16-14(2)11-19(27)24-18(16)10-15(17)3/h4-5,10-12H,6-9H2,1-3H3,(H,24,27)(H,25,28). The van der Waals surface area contributed by atoms with Gasteiger partial charge in [-0.3, -0.25) is 9.59 Å². The highest BCUT2D eigenvalue weighted by molar-refractivity contribution is 6.09. The molecule has 0 spiro atoms. The number of nitrogens with zero attached hydrogens (tertiary/aromatic N) is 2. The number of carbonyl (C=O) groups is 1. The van der Waals surface area contributed by atoms with Crippen LogP contribution in [0.2, 0.25) is 0 Å². The molecule has 7 nitrogen and oxygen atoms in total. The van der Waals surface area contributed by atoms with Gasteiger partial charge in [0.05, 0.1) is 18.8 Å². The molecule has 0 atom stereocenters. The number of aromatic nitrogens is 2. The fraction of sp³-hybridized carbons (Fsp3) is 0.318. The fourth-order valence-electron chi connectivity index (χ4n) is 3.74. The molecule has 29 heavy (non-hydrogen) atoms. The van der Waals surface area contributed by atoms with Crippen LogP contribution in [0, 0.1) is 20.8 Å². The molecule has 1 amide bonds. The molecule has 0 unspecified atom stereocenters. The van der Waals surface area contributed by atoms with Crippen molar-refractivity contribution >= 4 is 28.3 Å². The Morgan fingerprint density at radius 1 is 1.10 bits per heavy atom. The Kier molecular flexibility index (Phi) is 5.07. The molecule has 1 aromatic carbocycles. The normalized spacial score (nSPS) is 14.2. The summed E-state index contributed by atoms with van der Waals surface area (Å²) < 4.78 is 5.43. The minimum atomic E-state index is -0.193. The zero-order valence-electron chi connectivity index (χ0n) is 16.8. The maximum Gasteiger partial charge on any atom is 0.259 e. The predicted molar refractivity (Wildman–Crippen MR) is 114 cm³/mol. The minimum absolute atomic E-state index is 0.132. The summed E-state index contributed by atoms with van der Waals surface area (Å²) in [4.78, 5) is 34.4. The zero-order chi connectivity index (χ0) is 20.5. The van der Waals surface area contributed by atoms with E-state index in [9.17, 15) is 9.59 Å². The number of rotatable bonds is 3. The Balaban J connectivity index is 1.72. The Hall–Kier alpha value is -3.19. The molecule has 1 aliphatic heterocycles. The van der Waals surface area contributed by atoms with Gasteiger partial charge in [0.25, 0.3) is 5.91 Å². The Bertz CT molecular complexity index is 1150. The Morgan fingerprint density at radius 2 is 1.86 bits per heavy atom. The van der Waals surface area contributed by atoms with Crippen LogP contribution >= 0.6 is 0 Å². The quantitative estimate of drug-likeness (QED) is 0.716. The first kappa shape index (κ1) is 19.1. The maximum absolute atomic E-state index is 13.3. The zero-order valence-corrected chi connectivity index (χ0v) is 16.8. The average Bonchev–Trinajstić information content (AvgIpc) is 2.69. The summed E-state index contributed by atoms with van der Waals surface area (Å²) in [7, 11) is 0. The number of ether oxygens (including phenoxy) is 1. The van der Waals surface area contributed by atoms with Gasteiger partial charge in [-0.05, 0) is 55.7 Å². The van der Waals surface area contributed by atoms with Gasteiger partial charge in [-0.1, -0.05) is 0 Å². The third-order valence-corrected chi connectivity index (χ3v) is 5.32. The third kappa shape index (κ3) is 3.73. The van der Waals surface area contributed by atoms with Crippen LogP contribution in [0.25, 0.3) is 10.9 Å². The number of hydrogen-bond donors (Lipinski definition) is 2. The van der Waals surface area contributed by atoms with Crippen LogP contribution in [0.1, 0.15) is 27.0 Å². The summed E-state index contributed by atoms with van der Waals surface area (Å²) in [6.07, 6.45) is 1.73. The molecule has 2 aromatic heterocycles. The van der Waals surface area contributed by atoms with E-state index in [-0.39, 0.29) is 11.5 Å². The highest BCUT2D eigenvalue weighted by Crippen LogP contribution is 2.27. The van der Waals surface area contributed by atoms with Crippen LogP contribution < -0.4 is 15.8 Å². The lowest BCUT2D eigenvalue weighted by Gasteiger charge is -2.29. The number of aryl methyl sites for hydroxylation is 3. The molecule has 0 saturated carbocycles. The van der Waals surface area contributed by atoms with Crippen LogP contribution in [0.5, 0.6) is 0 Å². The van der Waals surface area contributed by atoms with E-state index in [0.29, 0.717) is 43.4 Å². The van der Waals surface area contributed by atoms with E-state index in [4.69, 9.17) is 4.74 Å². The van der Waals surface area contributed by atoms with Gasteiger partial charge in [0.1, 0.15) is 5.82 Å². The van der Waals surface area contributed by atoms with Crippen molar-refractivity contribution in [3.8, 4) is 0 Å². The summed E-state index contributed by atoms with van der Waals surface area (Å²) in [6.45, 7) is 8.38. The molecular formula is C22H24N4O3. The van der Waals surface area contributed by atoms with Crippen molar-refractivity contribution in [3.63, 3.8) is 0 Å². The minimum Gasteiger partial charge on any atom is -0.378 e. The van der Waals surface area contributed by atoms with Crippen molar-refractivity contribution in [2.75, 3.05) is 36.5 Å². The van der Waals surface area contributed by atoms with Crippen LogP contribution in [-0.4, -0.2) is 42.2 Å². The first-order chi connectivity index (χ1) is 13.9. The van der Waals surface area contributed by atoms with E-state index in [2.05, 4.69) is 20.2 Å². The van der Waals surface area contributed by atoms with Gasteiger partial charge in [0.2, 0.25) is 5.56 Å². The fourth-order valence-corrected chi connectivity index (χ4v) is 3.74. The van der Waals surface area contributed by atoms with Crippen molar-refractivity contribution in [1.29, 1.82) is 0 Å². The van der Waals surface area contributed by atoms with E-state index in [0.717, 1.165) is 27.6 Å². The van der Waals surface area contributed by atoms with E-state index >= 15 is 0 Å². The topological polar surface area (TPSA) is 87.3 Å². The van der Waals surface area contributed by atoms with Crippen LogP contribution in [0.3, 0.4) is 0 Å². The molecule has 0 aliphatic carbocycles. The third-order valence-electron chi connectivity index (χ3n) is 5.32. The van der Waals surface area contributed by atoms with Crippen molar-refractivity contribution in [2.24, 2.45) is 0 Å². The molecule has 1 fully saturated rings. The van der Waals surface area contributed by atoms with Gasteiger partial charge in [0, 0.05) is 41.9 Å². The second-order valence-corrected chi connectivity index (χ2v) is 7.41. The Labute approximate surface area is 168 Å². The monoisotopic (exact) mass is 392 g/mol. The number of pyridine rings is 2. The average molecular weight is 392 g/mol. The number of amides is 1. The first-order valence-corrected chi connectivity index (χ1v) is 9.68. The predicted octanol–water partition coefficient (Wildman–Crippen LogP) is 2.94. The highest BCUT2D eigenvalue weighted by atomic mass is 16.5. The van der Waals surface area contributed by atoms with Gasteiger partial charge in [0.15, 0.2) is 0 Å². The van der Waals surface area contributed by atoms with Crippen LogP contribution in [0.4, 0.5) is 11.5 Å². The Morgan fingerprint density at radius 3 is 2.62 bits per heavy atom. The van der Waals surface area contributed by atoms with Gasteiger partial charge >= 0.3 is 0 Å². The van der Waals surface area contributed by atoms with Gasteiger partial charge < -0.3 is 19.9 Å². The number of anilines is 2. The van der Waals surface area contributed by atoms with Crippen molar-refractivity contribution in [1.82, 2.24) is 9.97 Å². The van der Waals surface area contributed by atoms with Gasteiger partial charge in [-0.2, -0.15) is 0 Å². The number of morpholine rings is 1. The molecule has 1 aliphatic rings. The largest absolute Gasteiger partial charge is 0.378 e. The van der Waals surface area contributed by atoms with E-state index < -0.39 is 0 Å². The van der Waals surface area contributed by atoms with E-state index in [1.165, 1.54) is 0 Å². The molecular weight excluding hydrogens is 368 g/mol. The number of benzene rings is 1. The summed E-state index contributed by atoms with van der Waals surface area (Å²) in [5, 5.41) is 3.96. The molecule has 1 saturated heterocycles. The number of aromatic amines is 1. The van der Waals surface area contributed by atoms with Crippen molar-refractivity contribution in [2.45, 2.75) is 20.8 Å². The van der Waals surface area contributed by atoms with Crippen molar-refractivity contribution < 1.29 is 9.53 Å². The first-order valence-electron chi connectivity index (χ1n) is 9.68. The van der Waals surface area contributed by atoms with Crippen molar-refractivity contribution in [3.05, 3.63) is 63.1 Å². The molecule has 7 heteroatoms. The van der Waals surface area contributed by atoms with Crippen LogP contribution in [-0.2, 0) is 4.74 Å².